The van der Waals surface area contributed by atoms with Gasteiger partial charge in [-0.3, -0.25) is 0 Å². The third kappa shape index (κ3) is 2.84. The fraction of sp³-hybridized carbons (Fsp3) is 0.571. The summed E-state index contributed by atoms with van der Waals surface area (Å²) in [6.07, 6.45) is 4.07. The second-order valence-electron chi connectivity index (χ2n) is 4.81. The Balaban J connectivity index is 2.02. The van der Waals surface area contributed by atoms with E-state index in [-0.39, 0.29) is 0 Å². The summed E-state index contributed by atoms with van der Waals surface area (Å²) in [6.45, 7) is 4.86. The Hall–Kier alpha value is -1.38. The fourth-order valence-corrected chi connectivity index (χ4v) is 2.23. The van der Waals surface area contributed by atoms with Crippen LogP contribution in [0.2, 0.25) is 0 Å². The molecule has 0 saturated heterocycles. The molecule has 0 bridgehead atoms. The molecule has 0 heterocycles. The van der Waals surface area contributed by atoms with E-state index in [0.717, 1.165) is 17.4 Å². The van der Waals surface area contributed by atoms with E-state index in [0.29, 0.717) is 18.3 Å². The van der Waals surface area contributed by atoms with Gasteiger partial charge in [-0.05, 0) is 44.7 Å². The summed E-state index contributed by atoms with van der Waals surface area (Å²) >= 11 is 0. The van der Waals surface area contributed by atoms with Crippen LogP contribution in [-0.2, 0) is 0 Å². The average molecular weight is 234 g/mol. The fourth-order valence-electron chi connectivity index (χ4n) is 2.23. The van der Waals surface area contributed by atoms with Crippen LogP contribution in [0.5, 0.6) is 5.75 Å². The minimum absolute atomic E-state index is 0.529. The van der Waals surface area contributed by atoms with Crippen molar-refractivity contribution in [2.24, 2.45) is 5.92 Å². The van der Waals surface area contributed by atoms with E-state index in [1.54, 1.807) is 0 Å². The molecule has 1 saturated carbocycles. The third-order valence-corrected chi connectivity index (χ3v) is 3.56. The highest BCUT2D eigenvalue weighted by Gasteiger charge is 2.23. The molecule has 1 aromatic carbocycles. The van der Waals surface area contributed by atoms with E-state index in [2.05, 4.69) is 12.2 Å². The van der Waals surface area contributed by atoms with Gasteiger partial charge in [0.25, 0.3) is 0 Å². The van der Waals surface area contributed by atoms with Crippen molar-refractivity contribution in [3.8, 4) is 5.75 Å². The van der Waals surface area contributed by atoms with Crippen molar-refractivity contribution in [2.75, 3.05) is 17.7 Å². The highest BCUT2D eigenvalue weighted by atomic mass is 16.5. The van der Waals surface area contributed by atoms with Crippen LogP contribution in [0.25, 0.3) is 0 Å². The van der Waals surface area contributed by atoms with Crippen molar-refractivity contribution < 1.29 is 4.74 Å². The summed E-state index contributed by atoms with van der Waals surface area (Å²) < 4.78 is 5.49. The molecule has 3 heteroatoms. The normalized spacial score (nSPS) is 17.3. The van der Waals surface area contributed by atoms with Gasteiger partial charge >= 0.3 is 0 Å². The molecule has 0 amide bonds. The lowest BCUT2D eigenvalue weighted by Crippen LogP contribution is -2.30. The van der Waals surface area contributed by atoms with Crippen LogP contribution in [0.1, 0.15) is 33.1 Å². The minimum Gasteiger partial charge on any atom is -0.492 e. The Morgan fingerprint density at radius 1 is 1.47 bits per heavy atom. The second-order valence-corrected chi connectivity index (χ2v) is 4.81. The van der Waals surface area contributed by atoms with Crippen LogP contribution in [-0.4, -0.2) is 12.6 Å². The van der Waals surface area contributed by atoms with Crippen LogP contribution in [0, 0.1) is 5.92 Å². The Kier molecular flexibility index (Phi) is 3.77. The quantitative estimate of drug-likeness (QED) is 0.769. The zero-order chi connectivity index (χ0) is 12.3. The van der Waals surface area contributed by atoms with E-state index in [1.165, 1.54) is 19.3 Å². The van der Waals surface area contributed by atoms with Gasteiger partial charge in [0, 0.05) is 17.8 Å². The molecule has 0 spiro atoms. The first-order valence-corrected chi connectivity index (χ1v) is 6.49. The number of ether oxygens (including phenoxy) is 1. The molecule has 1 unspecified atom stereocenters. The molecule has 0 aromatic heterocycles. The zero-order valence-electron chi connectivity index (χ0n) is 10.7. The number of nitrogens with one attached hydrogen (secondary N) is 1. The molecule has 3 N–H and O–H groups in total. The molecule has 94 valence electrons. The molecule has 1 aliphatic rings. The highest BCUT2D eigenvalue weighted by Crippen LogP contribution is 2.32. The predicted octanol–water partition coefficient (Wildman–Crippen LogP) is 3.27. The van der Waals surface area contributed by atoms with Gasteiger partial charge in [-0.2, -0.15) is 0 Å². The highest BCUT2D eigenvalue weighted by molar-refractivity contribution is 5.61. The van der Waals surface area contributed by atoms with Crippen molar-refractivity contribution >= 4 is 11.4 Å². The predicted molar refractivity (Wildman–Crippen MR) is 72.4 cm³/mol. The van der Waals surface area contributed by atoms with Crippen molar-refractivity contribution in [3.05, 3.63) is 18.2 Å². The van der Waals surface area contributed by atoms with Crippen LogP contribution < -0.4 is 15.8 Å². The van der Waals surface area contributed by atoms with Crippen molar-refractivity contribution in [2.45, 2.75) is 39.2 Å². The third-order valence-electron chi connectivity index (χ3n) is 3.56. The molecule has 2 rings (SSSR count). The lowest BCUT2D eigenvalue weighted by Gasteiger charge is -2.32. The molecule has 17 heavy (non-hydrogen) atoms. The summed E-state index contributed by atoms with van der Waals surface area (Å²) in [6, 6.07) is 6.45. The maximum atomic E-state index is 5.85. The molecule has 1 aromatic rings. The van der Waals surface area contributed by atoms with Crippen LogP contribution in [0.3, 0.4) is 0 Å². The van der Waals surface area contributed by atoms with Gasteiger partial charge in [-0.15, -0.1) is 0 Å². The SMILES string of the molecule is CCOc1cc(NC(C)C2CCC2)ccc1N. The summed E-state index contributed by atoms with van der Waals surface area (Å²) in [5.74, 6) is 1.60. The first kappa shape index (κ1) is 12.1. The van der Waals surface area contributed by atoms with Gasteiger partial charge in [0.05, 0.1) is 12.3 Å². The van der Waals surface area contributed by atoms with Gasteiger partial charge in [0.1, 0.15) is 5.75 Å². The molecule has 1 atom stereocenters. The Labute approximate surface area is 103 Å². The largest absolute Gasteiger partial charge is 0.492 e. The molecular weight excluding hydrogens is 212 g/mol. The maximum Gasteiger partial charge on any atom is 0.144 e. The Morgan fingerprint density at radius 2 is 2.24 bits per heavy atom. The van der Waals surface area contributed by atoms with Crippen LogP contribution in [0.4, 0.5) is 11.4 Å². The smallest absolute Gasteiger partial charge is 0.144 e. The van der Waals surface area contributed by atoms with Gasteiger partial charge in [-0.1, -0.05) is 6.42 Å². The van der Waals surface area contributed by atoms with Gasteiger partial charge in [-0.25, -0.2) is 0 Å². The van der Waals surface area contributed by atoms with Crippen molar-refractivity contribution in [1.82, 2.24) is 0 Å². The number of anilines is 2. The lowest BCUT2D eigenvalue weighted by molar-refractivity contribution is 0.285. The average Bonchev–Trinajstić information content (AvgIpc) is 2.20. The van der Waals surface area contributed by atoms with E-state index < -0.39 is 0 Å². The van der Waals surface area contributed by atoms with Crippen molar-refractivity contribution in [3.63, 3.8) is 0 Å². The number of hydrogen-bond donors (Lipinski definition) is 2. The topological polar surface area (TPSA) is 47.3 Å². The van der Waals surface area contributed by atoms with E-state index in [9.17, 15) is 0 Å². The van der Waals surface area contributed by atoms with Gasteiger partial charge < -0.3 is 15.8 Å². The molecule has 1 fully saturated rings. The molecule has 3 nitrogen and oxygen atoms in total. The zero-order valence-corrected chi connectivity index (χ0v) is 10.7. The number of nitrogens with two attached hydrogens (primary N) is 1. The minimum atomic E-state index is 0.529. The molecular formula is C14H22N2O. The Morgan fingerprint density at radius 3 is 2.82 bits per heavy atom. The maximum absolute atomic E-state index is 5.85. The monoisotopic (exact) mass is 234 g/mol. The summed E-state index contributed by atoms with van der Waals surface area (Å²) in [4.78, 5) is 0. The summed E-state index contributed by atoms with van der Waals surface area (Å²) in [5, 5.41) is 3.53. The standard InChI is InChI=1S/C14H22N2O/c1-3-17-14-9-12(7-8-13(14)15)16-10(2)11-5-4-6-11/h7-11,16H,3-6,15H2,1-2H3. The first-order chi connectivity index (χ1) is 8.20. The number of hydrogen-bond acceptors (Lipinski definition) is 3. The van der Waals surface area contributed by atoms with E-state index in [4.69, 9.17) is 10.5 Å². The van der Waals surface area contributed by atoms with Gasteiger partial charge in [0.15, 0.2) is 0 Å². The van der Waals surface area contributed by atoms with E-state index in [1.807, 2.05) is 25.1 Å². The number of benzene rings is 1. The van der Waals surface area contributed by atoms with Crippen molar-refractivity contribution in [1.29, 1.82) is 0 Å². The summed E-state index contributed by atoms with van der Waals surface area (Å²) in [5.41, 5.74) is 7.65. The second kappa shape index (κ2) is 5.30. The van der Waals surface area contributed by atoms with Crippen LogP contribution in [0.15, 0.2) is 18.2 Å². The Bertz CT molecular complexity index is 374. The first-order valence-electron chi connectivity index (χ1n) is 6.49. The molecule has 1 aliphatic carbocycles. The molecule has 0 aliphatic heterocycles. The lowest BCUT2D eigenvalue weighted by atomic mass is 9.80. The molecule has 0 radical (unpaired) electrons. The number of rotatable bonds is 5. The number of nitrogen functional groups attached to an aromatic ring is 1. The van der Waals surface area contributed by atoms with E-state index >= 15 is 0 Å². The van der Waals surface area contributed by atoms with Gasteiger partial charge in [0.2, 0.25) is 0 Å². The van der Waals surface area contributed by atoms with Crippen LogP contribution >= 0.6 is 0 Å². The summed E-state index contributed by atoms with van der Waals surface area (Å²) in [7, 11) is 0.